The molecule has 2 rings (SSSR count). The third kappa shape index (κ3) is 3.97. The monoisotopic (exact) mass is 322 g/mol. The van der Waals surface area contributed by atoms with Gasteiger partial charge in [-0.3, -0.25) is 4.79 Å². The van der Waals surface area contributed by atoms with E-state index in [4.69, 9.17) is 11.6 Å². The van der Waals surface area contributed by atoms with E-state index in [0.717, 1.165) is 15.6 Å². The van der Waals surface area contributed by atoms with Crippen LogP contribution in [-0.4, -0.2) is 5.78 Å². The quantitative estimate of drug-likeness (QED) is 0.812. The molecule has 18 heavy (non-hydrogen) atoms. The molecule has 0 bridgehead atoms. The van der Waals surface area contributed by atoms with Gasteiger partial charge in [-0.05, 0) is 35.4 Å². The van der Waals surface area contributed by atoms with Crippen LogP contribution in [0.15, 0.2) is 53.0 Å². The lowest BCUT2D eigenvalue weighted by atomic mass is 10.0. The third-order valence-electron chi connectivity index (χ3n) is 2.58. The third-order valence-corrected chi connectivity index (χ3v) is 3.31. The maximum Gasteiger partial charge on any atom is 0.141 e. The van der Waals surface area contributed by atoms with E-state index in [2.05, 4.69) is 15.9 Å². The molecule has 0 aliphatic heterocycles. The molecular weight excluding hydrogens is 312 g/mol. The van der Waals surface area contributed by atoms with Gasteiger partial charge in [-0.1, -0.05) is 51.8 Å². The summed E-state index contributed by atoms with van der Waals surface area (Å²) in [5.74, 6) is 0.190. The van der Waals surface area contributed by atoms with Crippen molar-refractivity contribution in [1.29, 1.82) is 0 Å². The van der Waals surface area contributed by atoms with Gasteiger partial charge in [-0.15, -0.1) is 0 Å². The van der Waals surface area contributed by atoms with Crippen LogP contribution in [-0.2, 0) is 17.6 Å². The summed E-state index contributed by atoms with van der Waals surface area (Å²) < 4.78 is 0.996. The standard InChI is InChI=1S/C15H12BrClO/c16-13-5-1-3-11(7-13)9-15(18)10-12-4-2-6-14(17)8-12/h1-8H,9-10H2. The van der Waals surface area contributed by atoms with Crippen LogP contribution in [0.2, 0.25) is 5.02 Å². The lowest BCUT2D eigenvalue weighted by Gasteiger charge is -2.03. The summed E-state index contributed by atoms with van der Waals surface area (Å²) in [5, 5.41) is 0.669. The lowest BCUT2D eigenvalue weighted by molar-refractivity contribution is -0.117. The molecule has 0 fully saturated rings. The highest BCUT2D eigenvalue weighted by molar-refractivity contribution is 9.10. The predicted octanol–water partition coefficient (Wildman–Crippen LogP) is 4.46. The Balaban J connectivity index is 2.01. The van der Waals surface area contributed by atoms with Crippen molar-refractivity contribution in [2.45, 2.75) is 12.8 Å². The first kappa shape index (κ1) is 13.3. The van der Waals surface area contributed by atoms with Crippen molar-refractivity contribution in [2.75, 3.05) is 0 Å². The van der Waals surface area contributed by atoms with Crippen molar-refractivity contribution >= 4 is 33.3 Å². The number of hydrogen-bond donors (Lipinski definition) is 0. The average Bonchev–Trinajstić information content (AvgIpc) is 2.28. The van der Waals surface area contributed by atoms with E-state index in [1.807, 2.05) is 48.5 Å². The van der Waals surface area contributed by atoms with Gasteiger partial charge in [0, 0.05) is 22.3 Å². The van der Waals surface area contributed by atoms with Crippen LogP contribution >= 0.6 is 27.5 Å². The SMILES string of the molecule is O=C(Cc1cccc(Cl)c1)Cc1cccc(Br)c1. The van der Waals surface area contributed by atoms with Crippen LogP contribution in [0.1, 0.15) is 11.1 Å². The first-order valence-electron chi connectivity index (χ1n) is 5.64. The number of benzene rings is 2. The number of halogens is 2. The Bertz CT molecular complexity index is 516. The van der Waals surface area contributed by atoms with Crippen LogP contribution < -0.4 is 0 Å². The van der Waals surface area contributed by atoms with Gasteiger partial charge in [0.1, 0.15) is 5.78 Å². The van der Waals surface area contributed by atoms with E-state index in [9.17, 15) is 4.79 Å². The van der Waals surface area contributed by atoms with Crippen LogP contribution in [0.4, 0.5) is 0 Å². The topological polar surface area (TPSA) is 17.1 Å². The molecule has 0 aliphatic carbocycles. The van der Waals surface area contributed by atoms with E-state index in [1.54, 1.807) is 0 Å². The largest absolute Gasteiger partial charge is 0.299 e. The molecule has 0 aliphatic rings. The zero-order valence-corrected chi connectivity index (χ0v) is 12.0. The second kappa shape index (κ2) is 6.17. The number of ketones is 1. The molecule has 0 amide bonds. The molecule has 92 valence electrons. The average molecular weight is 324 g/mol. The normalized spacial score (nSPS) is 10.3. The van der Waals surface area contributed by atoms with E-state index >= 15 is 0 Å². The van der Waals surface area contributed by atoms with E-state index < -0.39 is 0 Å². The number of Topliss-reactive ketones (excluding diaryl/α,β-unsaturated/α-hetero) is 1. The highest BCUT2D eigenvalue weighted by Crippen LogP contribution is 2.14. The fourth-order valence-corrected chi connectivity index (χ4v) is 2.47. The molecule has 0 N–H and O–H groups in total. The highest BCUT2D eigenvalue weighted by Gasteiger charge is 2.06. The Hall–Kier alpha value is -1.12. The summed E-state index contributed by atoms with van der Waals surface area (Å²) in [4.78, 5) is 11.9. The first-order chi connectivity index (χ1) is 8.63. The minimum absolute atomic E-state index is 0.190. The molecule has 0 heterocycles. The van der Waals surface area contributed by atoms with Crippen molar-refractivity contribution in [1.82, 2.24) is 0 Å². The molecule has 2 aromatic carbocycles. The van der Waals surface area contributed by atoms with Crippen LogP contribution in [0.25, 0.3) is 0 Å². The molecule has 0 saturated heterocycles. The van der Waals surface area contributed by atoms with Gasteiger partial charge >= 0.3 is 0 Å². The van der Waals surface area contributed by atoms with Gasteiger partial charge < -0.3 is 0 Å². The minimum Gasteiger partial charge on any atom is -0.299 e. The lowest BCUT2D eigenvalue weighted by Crippen LogP contribution is -2.06. The van der Waals surface area contributed by atoms with Gasteiger partial charge in [0.05, 0.1) is 0 Å². The maximum absolute atomic E-state index is 11.9. The van der Waals surface area contributed by atoms with Crippen molar-refractivity contribution in [2.24, 2.45) is 0 Å². The molecule has 0 saturated carbocycles. The van der Waals surface area contributed by atoms with E-state index in [1.165, 1.54) is 0 Å². The number of rotatable bonds is 4. The first-order valence-corrected chi connectivity index (χ1v) is 6.81. The van der Waals surface area contributed by atoms with E-state index in [-0.39, 0.29) is 5.78 Å². The van der Waals surface area contributed by atoms with Crippen molar-refractivity contribution in [3.63, 3.8) is 0 Å². The second-order valence-corrected chi connectivity index (χ2v) is 5.50. The molecule has 0 atom stereocenters. The zero-order chi connectivity index (χ0) is 13.0. The van der Waals surface area contributed by atoms with Crippen LogP contribution in [0.3, 0.4) is 0 Å². The molecule has 0 spiro atoms. The summed E-state index contributed by atoms with van der Waals surface area (Å²) in [5.41, 5.74) is 1.99. The van der Waals surface area contributed by atoms with Gasteiger partial charge in [0.2, 0.25) is 0 Å². The van der Waals surface area contributed by atoms with Crippen LogP contribution in [0, 0.1) is 0 Å². The van der Waals surface area contributed by atoms with Crippen molar-refractivity contribution in [3.05, 3.63) is 69.2 Å². The molecule has 0 radical (unpaired) electrons. The Morgan fingerprint density at radius 2 is 1.61 bits per heavy atom. The molecule has 1 nitrogen and oxygen atoms in total. The molecule has 3 heteroatoms. The number of hydrogen-bond acceptors (Lipinski definition) is 1. The number of carbonyl (C=O) groups is 1. The minimum atomic E-state index is 0.190. The molecule has 2 aromatic rings. The van der Waals surface area contributed by atoms with Crippen LogP contribution in [0.5, 0.6) is 0 Å². The highest BCUT2D eigenvalue weighted by atomic mass is 79.9. The molecular formula is C15H12BrClO. The maximum atomic E-state index is 11.9. The Kier molecular flexibility index (Phi) is 4.56. The summed E-state index contributed by atoms with van der Waals surface area (Å²) in [7, 11) is 0. The fourth-order valence-electron chi connectivity index (χ4n) is 1.81. The predicted molar refractivity (Wildman–Crippen MR) is 78.0 cm³/mol. The summed E-state index contributed by atoms with van der Waals surface area (Å²) in [6.45, 7) is 0. The Morgan fingerprint density at radius 1 is 1.00 bits per heavy atom. The van der Waals surface area contributed by atoms with Crippen molar-refractivity contribution in [3.8, 4) is 0 Å². The number of carbonyl (C=O) groups excluding carboxylic acids is 1. The fraction of sp³-hybridized carbons (Fsp3) is 0.133. The smallest absolute Gasteiger partial charge is 0.141 e. The Labute approximate surface area is 120 Å². The van der Waals surface area contributed by atoms with Gasteiger partial charge in [0.25, 0.3) is 0 Å². The van der Waals surface area contributed by atoms with Gasteiger partial charge in [-0.25, -0.2) is 0 Å². The summed E-state index contributed by atoms with van der Waals surface area (Å²) in [6.07, 6.45) is 0.874. The van der Waals surface area contributed by atoms with Gasteiger partial charge in [-0.2, -0.15) is 0 Å². The summed E-state index contributed by atoms with van der Waals surface area (Å²) in [6, 6.07) is 15.2. The zero-order valence-electron chi connectivity index (χ0n) is 9.70. The second-order valence-electron chi connectivity index (χ2n) is 4.15. The Morgan fingerprint density at radius 3 is 2.22 bits per heavy atom. The molecule has 0 aromatic heterocycles. The van der Waals surface area contributed by atoms with E-state index in [0.29, 0.717) is 17.9 Å². The molecule has 0 unspecified atom stereocenters. The summed E-state index contributed by atoms with van der Waals surface area (Å²) >= 11 is 9.29. The van der Waals surface area contributed by atoms with Crippen molar-refractivity contribution < 1.29 is 4.79 Å². The van der Waals surface area contributed by atoms with Gasteiger partial charge in [0.15, 0.2) is 0 Å².